The van der Waals surface area contributed by atoms with E-state index in [-0.39, 0.29) is 29.0 Å². The molecule has 3 aromatic rings. The van der Waals surface area contributed by atoms with Gasteiger partial charge in [0.25, 0.3) is 17.4 Å². The Morgan fingerprint density at radius 1 is 0.906 bits per heavy atom. The first-order valence-corrected chi connectivity index (χ1v) is 11.0. The fourth-order valence-electron chi connectivity index (χ4n) is 4.08. The fraction of sp³-hybridized carbons (Fsp3) is 0.269. The predicted octanol–water partition coefficient (Wildman–Crippen LogP) is 4.46. The summed E-state index contributed by atoms with van der Waals surface area (Å²) in [6, 6.07) is 17.7. The van der Waals surface area contributed by atoms with Crippen molar-refractivity contribution < 1.29 is 9.59 Å². The minimum absolute atomic E-state index is 0.134. The maximum atomic E-state index is 13.0. The monoisotopic (exact) mass is 429 g/mol. The predicted molar refractivity (Wildman–Crippen MR) is 126 cm³/mol. The average Bonchev–Trinajstić information content (AvgIpc) is 2.80. The Morgan fingerprint density at radius 3 is 2.38 bits per heavy atom. The SMILES string of the molecule is Cc1cccc(C(=O)Nc2ccc(-n3cccc(C(=O)NC4CCCCC4)c3=O)cc2)c1. The van der Waals surface area contributed by atoms with Crippen molar-refractivity contribution in [2.45, 2.75) is 45.1 Å². The molecule has 0 spiro atoms. The number of carbonyl (C=O) groups is 2. The largest absolute Gasteiger partial charge is 0.349 e. The van der Waals surface area contributed by atoms with Crippen LogP contribution in [0.3, 0.4) is 0 Å². The number of carbonyl (C=O) groups excluding carboxylic acids is 2. The van der Waals surface area contributed by atoms with Crippen LogP contribution >= 0.6 is 0 Å². The van der Waals surface area contributed by atoms with Gasteiger partial charge in [-0.3, -0.25) is 19.0 Å². The maximum Gasteiger partial charge on any atom is 0.267 e. The summed E-state index contributed by atoms with van der Waals surface area (Å²) in [4.78, 5) is 38.1. The smallest absolute Gasteiger partial charge is 0.267 e. The van der Waals surface area contributed by atoms with E-state index in [4.69, 9.17) is 0 Å². The highest BCUT2D eigenvalue weighted by atomic mass is 16.2. The van der Waals surface area contributed by atoms with Crippen molar-refractivity contribution in [3.8, 4) is 5.69 Å². The molecule has 0 saturated heterocycles. The second-order valence-corrected chi connectivity index (χ2v) is 8.28. The lowest BCUT2D eigenvalue weighted by Crippen LogP contribution is -2.39. The van der Waals surface area contributed by atoms with Crippen molar-refractivity contribution in [3.63, 3.8) is 0 Å². The first kappa shape index (κ1) is 21.6. The van der Waals surface area contributed by atoms with E-state index in [0.29, 0.717) is 16.9 Å². The van der Waals surface area contributed by atoms with E-state index >= 15 is 0 Å². The molecule has 1 aromatic heterocycles. The van der Waals surface area contributed by atoms with E-state index in [0.717, 1.165) is 31.2 Å². The number of rotatable bonds is 5. The number of hydrogen-bond donors (Lipinski definition) is 2. The Kier molecular flexibility index (Phi) is 6.50. The molecule has 2 aromatic carbocycles. The number of amides is 2. The van der Waals surface area contributed by atoms with Crippen molar-refractivity contribution in [3.05, 3.63) is 93.9 Å². The first-order chi connectivity index (χ1) is 15.5. The van der Waals surface area contributed by atoms with Crippen LogP contribution < -0.4 is 16.2 Å². The molecule has 6 heteroatoms. The van der Waals surface area contributed by atoms with Gasteiger partial charge in [0.05, 0.1) is 0 Å². The lowest BCUT2D eigenvalue weighted by Gasteiger charge is -2.22. The molecule has 1 aliphatic carbocycles. The van der Waals surface area contributed by atoms with E-state index in [2.05, 4.69) is 10.6 Å². The highest BCUT2D eigenvalue weighted by Gasteiger charge is 2.19. The summed E-state index contributed by atoms with van der Waals surface area (Å²) in [6.07, 6.45) is 6.98. The van der Waals surface area contributed by atoms with Gasteiger partial charge in [0.2, 0.25) is 0 Å². The molecule has 0 bridgehead atoms. The van der Waals surface area contributed by atoms with Gasteiger partial charge in [-0.2, -0.15) is 0 Å². The molecule has 1 aliphatic rings. The minimum Gasteiger partial charge on any atom is -0.349 e. The Labute approximate surface area is 187 Å². The number of anilines is 1. The molecule has 0 radical (unpaired) electrons. The van der Waals surface area contributed by atoms with Crippen LogP contribution in [-0.2, 0) is 0 Å². The Balaban J connectivity index is 1.49. The number of nitrogens with one attached hydrogen (secondary N) is 2. The average molecular weight is 430 g/mol. The van der Waals surface area contributed by atoms with Gasteiger partial charge in [-0.05, 0) is 68.3 Å². The van der Waals surface area contributed by atoms with Crippen LogP contribution in [0.25, 0.3) is 5.69 Å². The lowest BCUT2D eigenvalue weighted by molar-refractivity contribution is 0.0925. The lowest BCUT2D eigenvalue weighted by atomic mass is 9.95. The zero-order valence-corrected chi connectivity index (χ0v) is 18.1. The summed E-state index contributed by atoms with van der Waals surface area (Å²) in [5.74, 6) is -0.515. The van der Waals surface area contributed by atoms with E-state index in [1.807, 2.05) is 25.1 Å². The van der Waals surface area contributed by atoms with Gasteiger partial charge >= 0.3 is 0 Å². The van der Waals surface area contributed by atoms with Crippen LogP contribution in [0.2, 0.25) is 0 Å². The van der Waals surface area contributed by atoms with Crippen LogP contribution in [0.15, 0.2) is 71.7 Å². The molecule has 1 saturated carbocycles. The van der Waals surface area contributed by atoms with Crippen molar-refractivity contribution in [1.29, 1.82) is 0 Å². The van der Waals surface area contributed by atoms with Crippen molar-refractivity contribution in [2.24, 2.45) is 0 Å². The molecular formula is C26H27N3O3. The van der Waals surface area contributed by atoms with Gasteiger partial charge in [-0.15, -0.1) is 0 Å². The molecule has 2 N–H and O–H groups in total. The summed E-state index contributed by atoms with van der Waals surface area (Å²) in [6.45, 7) is 1.94. The second kappa shape index (κ2) is 9.64. The minimum atomic E-state index is -0.364. The van der Waals surface area contributed by atoms with Gasteiger partial charge in [0.1, 0.15) is 5.56 Å². The number of aromatic nitrogens is 1. The summed E-state index contributed by atoms with van der Waals surface area (Å²) in [5, 5.41) is 5.87. The van der Waals surface area contributed by atoms with Crippen molar-refractivity contribution in [1.82, 2.24) is 9.88 Å². The number of hydrogen-bond acceptors (Lipinski definition) is 3. The van der Waals surface area contributed by atoms with Gasteiger partial charge in [-0.1, -0.05) is 37.0 Å². The number of benzene rings is 2. The second-order valence-electron chi connectivity index (χ2n) is 8.28. The highest BCUT2D eigenvalue weighted by Crippen LogP contribution is 2.18. The van der Waals surface area contributed by atoms with Crippen LogP contribution in [0.4, 0.5) is 5.69 Å². The van der Waals surface area contributed by atoms with Gasteiger partial charge in [0.15, 0.2) is 0 Å². The number of nitrogens with zero attached hydrogens (tertiary/aromatic N) is 1. The summed E-state index contributed by atoms with van der Waals surface area (Å²) < 4.78 is 1.45. The molecule has 164 valence electrons. The van der Waals surface area contributed by atoms with Crippen molar-refractivity contribution >= 4 is 17.5 Å². The molecule has 0 unspecified atom stereocenters. The van der Waals surface area contributed by atoms with Crippen LogP contribution in [-0.4, -0.2) is 22.4 Å². The molecule has 2 amide bonds. The third-order valence-corrected chi connectivity index (χ3v) is 5.82. The molecule has 4 rings (SSSR count). The standard InChI is InChI=1S/C26H27N3O3/c1-18-7-5-8-19(17-18)24(30)27-21-12-14-22(15-13-21)29-16-6-11-23(26(29)32)25(31)28-20-9-3-2-4-10-20/h5-8,11-17,20H,2-4,9-10H2,1H3,(H,27,30)(H,28,31). The van der Waals surface area contributed by atoms with Gasteiger partial charge in [0, 0.05) is 29.2 Å². The van der Waals surface area contributed by atoms with Gasteiger partial charge in [-0.25, -0.2) is 0 Å². The topological polar surface area (TPSA) is 80.2 Å². The normalized spacial score (nSPS) is 14.0. The molecular weight excluding hydrogens is 402 g/mol. The molecule has 6 nitrogen and oxygen atoms in total. The fourth-order valence-corrected chi connectivity index (χ4v) is 4.08. The van der Waals surface area contributed by atoms with Crippen LogP contribution in [0, 0.1) is 6.92 Å². The zero-order valence-electron chi connectivity index (χ0n) is 18.1. The third-order valence-electron chi connectivity index (χ3n) is 5.82. The maximum absolute atomic E-state index is 13.0. The van der Waals surface area contributed by atoms with Crippen LogP contribution in [0.1, 0.15) is 58.4 Å². The molecule has 1 fully saturated rings. The summed E-state index contributed by atoms with van der Waals surface area (Å²) in [7, 11) is 0. The highest BCUT2D eigenvalue weighted by molar-refractivity contribution is 6.04. The summed E-state index contributed by atoms with van der Waals surface area (Å²) >= 11 is 0. The Morgan fingerprint density at radius 2 is 1.66 bits per heavy atom. The number of aryl methyl sites for hydroxylation is 1. The molecule has 0 atom stereocenters. The number of pyridine rings is 1. The quantitative estimate of drug-likeness (QED) is 0.628. The Bertz CT molecular complexity index is 1180. The Hall–Kier alpha value is -3.67. The molecule has 1 heterocycles. The third kappa shape index (κ3) is 4.97. The van der Waals surface area contributed by atoms with E-state index in [1.165, 1.54) is 11.0 Å². The van der Waals surface area contributed by atoms with E-state index in [1.54, 1.807) is 48.7 Å². The van der Waals surface area contributed by atoms with E-state index < -0.39 is 0 Å². The molecule has 0 aliphatic heterocycles. The first-order valence-electron chi connectivity index (χ1n) is 11.0. The van der Waals surface area contributed by atoms with Crippen molar-refractivity contribution in [2.75, 3.05) is 5.32 Å². The summed E-state index contributed by atoms with van der Waals surface area (Å²) in [5.41, 5.74) is 2.62. The van der Waals surface area contributed by atoms with Gasteiger partial charge < -0.3 is 10.6 Å². The van der Waals surface area contributed by atoms with E-state index in [9.17, 15) is 14.4 Å². The zero-order chi connectivity index (χ0) is 22.5. The molecule has 32 heavy (non-hydrogen) atoms. The van der Waals surface area contributed by atoms with Crippen LogP contribution in [0.5, 0.6) is 0 Å².